The summed E-state index contributed by atoms with van der Waals surface area (Å²) in [5.74, 6) is 0. The maximum atomic E-state index is 9.57. The van der Waals surface area contributed by atoms with Gasteiger partial charge >= 0.3 is 0 Å². The van der Waals surface area contributed by atoms with E-state index in [2.05, 4.69) is 6.92 Å². The van der Waals surface area contributed by atoms with Gasteiger partial charge in [-0.05, 0) is 25.7 Å². The molecule has 1 N–H and O–H groups in total. The molecule has 5 nitrogen and oxygen atoms in total. The number of hydrogen-bond donors (Lipinski definition) is 1. The van der Waals surface area contributed by atoms with Gasteiger partial charge in [-0.1, -0.05) is 13.3 Å². The summed E-state index contributed by atoms with van der Waals surface area (Å²) in [5.41, 5.74) is 0. The Hall–Kier alpha value is -0.200. The van der Waals surface area contributed by atoms with E-state index >= 15 is 0 Å². The second kappa shape index (κ2) is 12.5. The number of aliphatic hydroxyl groups excluding tert-OH is 1. The molecule has 120 valence electrons. The van der Waals surface area contributed by atoms with Crippen molar-refractivity contribution in [2.24, 2.45) is 0 Å². The smallest absolute Gasteiger partial charge is 0.0835 e. The summed E-state index contributed by atoms with van der Waals surface area (Å²) in [6.45, 7) is 6.51. The molecule has 2 atom stereocenters. The van der Waals surface area contributed by atoms with Gasteiger partial charge in [0, 0.05) is 6.61 Å². The molecule has 1 aliphatic carbocycles. The number of aliphatic hydroxyl groups is 1. The van der Waals surface area contributed by atoms with Crippen LogP contribution in [0.15, 0.2) is 0 Å². The average Bonchev–Trinajstić information content (AvgIpc) is 2.85. The highest BCUT2D eigenvalue weighted by Crippen LogP contribution is 2.21. The van der Waals surface area contributed by atoms with Gasteiger partial charge in [-0.3, -0.25) is 0 Å². The third-order valence-corrected chi connectivity index (χ3v) is 3.36. The Bertz CT molecular complexity index is 212. The van der Waals surface area contributed by atoms with Crippen molar-refractivity contribution < 1.29 is 24.1 Å². The lowest BCUT2D eigenvalue weighted by molar-refractivity contribution is -0.0486. The van der Waals surface area contributed by atoms with Gasteiger partial charge in [0.1, 0.15) is 0 Å². The molecule has 0 aromatic carbocycles. The van der Waals surface area contributed by atoms with Gasteiger partial charge in [0.05, 0.1) is 51.8 Å². The molecule has 0 aliphatic heterocycles. The van der Waals surface area contributed by atoms with Crippen LogP contribution in [0.4, 0.5) is 0 Å². The van der Waals surface area contributed by atoms with Crippen molar-refractivity contribution in [3.05, 3.63) is 0 Å². The van der Waals surface area contributed by atoms with E-state index in [4.69, 9.17) is 18.9 Å². The fraction of sp³-hybridized carbons (Fsp3) is 1.00. The van der Waals surface area contributed by atoms with Crippen molar-refractivity contribution in [1.82, 2.24) is 0 Å². The molecule has 0 heterocycles. The standard InChI is InChI=1S/C15H30O5/c1-2-3-7-17-8-9-18-10-11-19-12-13-20-15-6-4-5-14(15)16/h14-16H,2-13H2,1H3. The second-order valence-electron chi connectivity index (χ2n) is 5.10. The predicted octanol–water partition coefficient (Wildman–Crippen LogP) is 1.77. The van der Waals surface area contributed by atoms with Crippen LogP contribution >= 0.6 is 0 Å². The molecule has 0 aromatic rings. The van der Waals surface area contributed by atoms with Gasteiger partial charge in [0.2, 0.25) is 0 Å². The first-order chi connectivity index (χ1) is 9.84. The Kier molecular flexibility index (Phi) is 11.2. The Morgan fingerprint density at radius 2 is 1.45 bits per heavy atom. The van der Waals surface area contributed by atoms with Gasteiger partial charge in [-0.15, -0.1) is 0 Å². The van der Waals surface area contributed by atoms with Crippen molar-refractivity contribution in [3.63, 3.8) is 0 Å². The van der Waals surface area contributed by atoms with Crippen LogP contribution in [0.3, 0.4) is 0 Å². The highest BCUT2D eigenvalue weighted by molar-refractivity contribution is 4.76. The molecule has 5 heteroatoms. The zero-order valence-corrected chi connectivity index (χ0v) is 12.7. The highest BCUT2D eigenvalue weighted by atomic mass is 16.6. The summed E-state index contributed by atoms with van der Waals surface area (Å²) in [5, 5.41) is 9.57. The molecule has 1 rings (SSSR count). The molecule has 20 heavy (non-hydrogen) atoms. The normalized spacial score (nSPS) is 22.5. The molecular formula is C15H30O5. The van der Waals surface area contributed by atoms with Crippen molar-refractivity contribution >= 4 is 0 Å². The van der Waals surface area contributed by atoms with Crippen LogP contribution in [-0.4, -0.2) is 63.6 Å². The van der Waals surface area contributed by atoms with Crippen molar-refractivity contribution in [1.29, 1.82) is 0 Å². The fourth-order valence-electron chi connectivity index (χ4n) is 2.15. The minimum atomic E-state index is -0.286. The van der Waals surface area contributed by atoms with Gasteiger partial charge in [0.15, 0.2) is 0 Å². The molecule has 1 saturated carbocycles. The Morgan fingerprint density at radius 3 is 2.00 bits per heavy atom. The molecule has 0 spiro atoms. The average molecular weight is 290 g/mol. The summed E-state index contributed by atoms with van der Waals surface area (Å²) < 4.78 is 21.7. The Morgan fingerprint density at radius 1 is 0.850 bits per heavy atom. The van der Waals surface area contributed by atoms with E-state index in [1.165, 1.54) is 0 Å². The third kappa shape index (κ3) is 8.87. The number of rotatable bonds is 13. The predicted molar refractivity (Wildman–Crippen MR) is 77.0 cm³/mol. The van der Waals surface area contributed by atoms with Crippen molar-refractivity contribution in [3.8, 4) is 0 Å². The molecule has 1 fully saturated rings. The van der Waals surface area contributed by atoms with Gasteiger partial charge in [0.25, 0.3) is 0 Å². The molecule has 0 aromatic heterocycles. The fourth-order valence-corrected chi connectivity index (χ4v) is 2.15. The monoisotopic (exact) mass is 290 g/mol. The van der Waals surface area contributed by atoms with Gasteiger partial charge in [-0.2, -0.15) is 0 Å². The number of ether oxygens (including phenoxy) is 4. The lowest BCUT2D eigenvalue weighted by Gasteiger charge is -2.15. The van der Waals surface area contributed by atoms with Crippen LogP contribution in [0.2, 0.25) is 0 Å². The van der Waals surface area contributed by atoms with Crippen LogP contribution in [0.5, 0.6) is 0 Å². The van der Waals surface area contributed by atoms with E-state index < -0.39 is 0 Å². The lowest BCUT2D eigenvalue weighted by atomic mass is 10.3. The molecule has 1 aliphatic rings. The zero-order chi connectivity index (χ0) is 14.5. The minimum Gasteiger partial charge on any atom is -0.390 e. The topological polar surface area (TPSA) is 57.2 Å². The van der Waals surface area contributed by atoms with Crippen LogP contribution in [0.25, 0.3) is 0 Å². The molecule has 0 amide bonds. The van der Waals surface area contributed by atoms with E-state index in [1.807, 2.05) is 0 Å². The largest absolute Gasteiger partial charge is 0.390 e. The minimum absolute atomic E-state index is 0.00937. The van der Waals surface area contributed by atoms with Crippen LogP contribution < -0.4 is 0 Å². The molecular weight excluding hydrogens is 260 g/mol. The SMILES string of the molecule is CCCCOCCOCCOCCOC1CCCC1O. The maximum absolute atomic E-state index is 9.57. The number of unbranched alkanes of at least 4 members (excludes halogenated alkanes) is 1. The van der Waals surface area contributed by atoms with Crippen molar-refractivity contribution in [2.75, 3.05) is 46.2 Å². The second-order valence-corrected chi connectivity index (χ2v) is 5.10. The quantitative estimate of drug-likeness (QED) is 0.524. The molecule has 2 unspecified atom stereocenters. The zero-order valence-electron chi connectivity index (χ0n) is 12.7. The van der Waals surface area contributed by atoms with Crippen LogP contribution in [0.1, 0.15) is 39.0 Å². The Labute approximate surface area is 122 Å². The molecule has 0 radical (unpaired) electrons. The van der Waals surface area contributed by atoms with E-state index in [-0.39, 0.29) is 12.2 Å². The molecule has 0 bridgehead atoms. The van der Waals surface area contributed by atoms with Crippen LogP contribution in [0, 0.1) is 0 Å². The third-order valence-electron chi connectivity index (χ3n) is 3.36. The van der Waals surface area contributed by atoms with Gasteiger partial charge in [-0.25, -0.2) is 0 Å². The summed E-state index contributed by atoms with van der Waals surface area (Å²) in [6.07, 6.45) is 4.87. The van der Waals surface area contributed by atoms with E-state index in [9.17, 15) is 5.11 Å². The number of hydrogen-bond acceptors (Lipinski definition) is 5. The summed E-state index contributed by atoms with van der Waals surface area (Å²) >= 11 is 0. The van der Waals surface area contributed by atoms with Crippen LogP contribution in [-0.2, 0) is 18.9 Å². The first-order valence-electron chi connectivity index (χ1n) is 7.87. The first-order valence-corrected chi connectivity index (χ1v) is 7.87. The maximum Gasteiger partial charge on any atom is 0.0835 e. The summed E-state index contributed by atoms with van der Waals surface area (Å²) in [7, 11) is 0. The Balaban J connectivity index is 1.72. The van der Waals surface area contributed by atoms with Crippen molar-refractivity contribution in [2.45, 2.75) is 51.2 Å². The highest BCUT2D eigenvalue weighted by Gasteiger charge is 2.25. The van der Waals surface area contributed by atoms with E-state index in [0.717, 1.165) is 38.7 Å². The van der Waals surface area contributed by atoms with E-state index in [1.54, 1.807) is 0 Å². The first kappa shape index (κ1) is 17.9. The van der Waals surface area contributed by atoms with E-state index in [0.29, 0.717) is 39.6 Å². The van der Waals surface area contributed by atoms with Gasteiger partial charge < -0.3 is 24.1 Å². The summed E-state index contributed by atoms with van der Waals surface area (Å²) in [4.78, 5) is 0. The lowest BCUT2D eigenvalue weighted by Crippen LogP contribution is -2.24. The molecule has 0 saturated heterocycles. The summed E-state index contributed by atoms with van der Waals surface area (Å²) in [6, 6.07) is 0.